The van der Waals surface area contributed by atoms with Crippen LogP contribution in [0, 0.1) is 6.92 Å². The van der Waals surface area contributed by atoms with E-state index in [1.54, 1.807) is 0 Å². The molecule has 1 aromatic heterocycles. The normalized spacial score (nSPS) is 11.4. The van der Waals surface area contributed by atoms with Crippen LogP contribution in [-0.2, 0) is 6.16 Å². The van der Waals surface area contributed by atoms with Gasteiger partial charge in [0.15, 0.2) is 5.76 Å². The summed E-state index contributed by atoms with van der Waals surface area (Å²) in [5.74, 6) is 0.871. The van der Waals surface area contributed by atoms with Gasteiger partial charge in [-0.3, -0.25) is 0 Å². The highest BCUT2D eigenvalue weighted by atomic mass is 31.2. The van der Waals surface area contributed by atoms with Crippen molar-refractivity contribution < 1.29 is 4.52 Å². The molecule has 5 aromatic rings. The molecule has 0 aliphatic carbocycles. The van der Waals surface area contributed by atoms with Crippen LogP contribution in [-0.4, -0.2) is 5.16 Å². The lowest BCUT2D eigenvalue weighted by Crippen LogP contribution is -2.32. The van der Waals surface area contributed by atoms with Crippen LogP contribution in [0.25, 0.3) is 11.3 Å². The summed E-state index contributed by atoms with van der Waals surface area (Å²) in [6, 6.07) is 43.1. The molecule has 0 aliphatic heterocycles. The van der Waals surface area contributed by atoms with E-state index in [4.69, 9.17) is 4.52 Å². The second kappa shape index (κ2) is 8.94. The molecule has 0 amide bonds. The minimum Gasteiger partial charge on any atom is -0.356 e. The predicted molar refractivity (Wildman–Crippen MR) is 136 cm³/mol. The number of aromatic nitrogens is 1. The molecule has 2 nitrogen and oxygen atoms in total. The molecule has 3 heteroatoms. The van der Waals surface area contributed by atoms with E-state index in [0.29, 0.717) is 0 Å². The minimum atomic E-state index is -2.02. The van der Waals surface area contributed by atoms with Crippen LogP contribution in [0.5, 0.6) is 0 Å². The van der Waals surface area contributed by atoms with Crippen molar-refractivity contribution in [1.29, 1.82) is 0 Å². The lowest BCUT2D eigenvalue weighted by atomic mass is 10.1. The Morgan fingerprint density at radius 3 is 1.44 bits per heavy atom. The van der Waals surface area contributed by atoms with Gasteiger partial charge < -0.3 is 4.52 Å². The molecule has 4 aromatic carbocycles. The van der Waals surface area contributed by atoms with Gasteiger partial charge in [0, 0.05) is 5.56 Å². The highest BCUT2D eigenvalue weighted by Crippen LogP contribution is 2.59. The summed E-state index contributed by atoms with van der Waals surface area (Å²) in [6.07, 6.45) is 0.852. The number of benzene rings is 4. The first-order chi connectivity index (χ1) is 15.8. The molecule has 0 spiro atoms. The molecule has 5 rings (SSSR count). The fourth-order valence-corrected chi connectivity index (χ4v) is 8.73. The van der Waals surface area contributed by atoms with E-state index in [1.807, 2.05) is 18.2 Å². The SMILES string of the molecule is Cc1noc(-c2ccccc2)c1C[P+](c1ccccc1)(c1ccccc1)c1ccccc1. The maximum absolute atomic E-state index is 5.90. The number of nitrogens with zero attached hydrogens (tertiary/aromatic N) is 1. The van der Waals surface area contributed by atoms with Crippen LogP contribution in [0.15, 0.2) is 126 Å². The molecule has 0 radical (unpaired) electrons. The molecule has 0 atom stereocenters. The lowest BCUT2D eigenvalue weighted by molar-refractivity contribution is 0.427. The van der Waals surface area contributed by atoms with Crippen LogP contribution in [0.4, 0.5) is 0 Å². The summed E-state index contributed by atoms with van der Waals surface area (Å²) in [5.41, 5.74) is 3.20. The zero-order valence-electron chi connectivity index (χ0n) is 18.1. The fraction of sp³-hybridized carbons (Fsp3) is 0.0690. The Kier molecular flexibility index (Phi) is 5.71. The first kappa shape index (κ1) is 20.4. The summed E-state index contributed by atoms with van der Waals surface area (Å²) < 4.78 is 5.90. The van der Waals surface area contributed by atoms with Crippen molar-refractivity contribution in [3.63, 3.8) is 0 Å². The largest absolute Gasteiger partial charge is 0.356 e. The molecule has 0 bridgehead atoms. The lowest BCUT2D eigenvalue weighted by Gasteiger charge is -2.27. The van der Waals surface area contributed by atoms with Crippen LogP contribution in [0.3, 0.4) is 0 Å². The van der Waals surface area contributed by atoms with Gasteiger partial charge in [-0.2, -0.15) is 0 Å². The maximum atomic E-state index is 5.90. The second-order valence-corrected chi connectivity index (χ2v) is 11.4. The van der Waals surface area contributed by atoms with Gasteiger partial charge in [0.05, 0.1) is 11.3 Å². The van der Waals surface area contributed by atoms with Gasteiger partial charge in [0.25, 0.3) is 0 Å². The van der Waals surface area contributed by atoms with Gasteiger partial charge >= 0.3 is 0 Å². The quantitative estimate of drug-likeness (QED) is 0.300. The van der Waals surface area contributed by atoms with Gasteiger partial charge in [-0.15, -0.1) is 0 Å². The predicted octanol–water partition coefficient (Wildman–Crippen LogP) is 6.14. The Labute approximate surface area is 189 Å². The monoisotopic (exact) mass is 434 g/mol. The zero-order valence-corrected chi connectivity index (χ0v) is 19.0. The van der Waals surface area contributed by atoms with Gasteiger partial charge in [-0.25, -0.2) is 0 Å². The van der Waals surface area contributed by atoms with E-state index in [-0.39, 0.29) is 0 Å². The molecular formula is C29H25NOP+. The highest BCUT2D eigenvalue weighted by molar-refractivity contribution is 7.95. The van der Waals surface area contributed by atoms with Crippen molar-refractivity contribution in [1.82, 2.24) is 5.16 Å². The second-order valence-electron chi connectivity index (χ2n) is 7.92. The number of hydrogen-bond acceptors (Lipinski definition) is 2. The third-order valence-corrected chi connectivity index (χ3v) is 10.3. The Bertz CT molecular complexity index is 1190. The van der Waals surface area contributed by atoms with Gasteiger partial charge in [0.2, 0.25) is 0 Å². The summed E-state index contributed by atoms with van der Waals surface area (Å²) in [7, 11) is -2.02. The number of hydrogen-bond donors (Lipinski definition) is 0. The molecule has 32 heavy (non-hydrogen) atoms. The van der Waals surface area contributed by atoms with Crippen molar-refractivity contribution in [3.05, 3.63) is 133 Å². The summed E-state index contributed by atoms with van der Waals surface area (Å²) in [6.45, 7) is 2.06. The molecular weight excluding hydrogens is 409 g/mol. The fourth-order valence-electron chi connectivity index (χ4n) is 4.40. The molecule has 0 aliphatic rings. The first-order valence-electron chi connectivity index (χ1n) is 10.8. The standard InChI is InChI=1S/C29H25NOP/c1-23-28(29(31-30-23)24-14-6-2-7-15-24)22-32(25-16-8-3-9-17-25,26-18-10-4-11-19-26)27-20-12-5-13-21-27/h2-21H,22H2,1H3/q+1. The molecule has 0 saturated heterocycles. The van der Waals surface area contributed by atoms with Gasteiger partial charge in [-0.05, 0) is 43.3 Å². The van der Waals surface area contributed by atoms with Crippen molar-refractivity contribution in [2.75, 3.05) is 0 Å². The van der Waals surface area contributed by atoms with E-state index in [0.717, 1.165) is 23.2 Å². The average Bonchev–Trinajstić information content (AvgIpc) is 3.24. The van der Waals surface area contributed by atoms with E-state index in [1.165, 1.54) is 21.5 Å². The Morgan fingerprint density at radius 1 is 0.594 bits per heavy atom. The number of aryl methyl sites for hydroxylation is 1. The smallest absolute Gasteiger partial charge is 0.173 e. The summed E-state index contributed by atoms with van der Waals surface area (Å²) in [5, 5.41) is 8.48. The first-order valence-corrected chi connectivity index (χ1v) is 12.8. The summed E-state index contributed by atoms with van der Waals surface area (Å²) >= 11 is 0. The van der Waals surface area contributed by atoms with Crippen LogP contribution >= 0.6 is 7.26 Å². The highest BCUT2D eigenvalue weighted by Gasteiger charge is 2.46. The molecule has 156 valence electrons. The molecule has 1 heterocycles. The third kappa shape index (κ3) is 3.68. The van der Waals surface area contributed by atoms with Gasteiger partial charge in [0.1, 0.15) is 29.3 Å². The van der Waals surface area contributed by atoms with Crippen molar-refractivity contribution >= 4 is 23.2 Å². The molecule has 0 unspecified atom stereocenters. The molecule has 0 saturated carbocycles. The van der Waals surface area contributed by atoms with Crippen molar-refractivity contribution in [2.45, 2.75) is 13.1 Å². The van der Waals surface area contributed by atoms with Crippen molar-refractivity contribution in [2.24, 2.45) is 0 Å². The van der Waals surface area contributed by atoms with Crippen LogP contribution < -0.4 is 15.9 Å². The van der Waals surface area contributed by atoms with E-state index < -0.39 is 7.26 Å². The Morgan fingerprint density at radius 2 is 1.00 bits per heavy atom. The molecule has 0 fully saturated rings. The van der Waals surface area contributed by atoms with E-state index in [2.05, 4.69) is 115 Å². The van der Waals surface area contributed by atoms with Gasteiger partial charge in [-0.1, -0.05) is 90.1 Å². The van der Waals surface area contributed by atoms with Crippen LogP contribution in [0.2, 0.25) is 0 Å². The van der Waals surface area contributed by atoms with E-state index in [9.17, 15) is 0 Å². The zero-order chi connectivity index (χ0) is 21.8. The topological polar surface area (TPSA) is 26.0 Å². The Hall–Kier alpha value is -3.48. The van der Waals surface area contributed by atoms with Crippen LogP contribution in [0.1, 0.15) is 11.3 Å². The average molecular weight is 434 g/mol. The summed E-state index contributed by atoms with van der Waals surface area (Å²) in [4.78, 5) is 0. The Balaban J connectivity index is 1.79. The van der Waals surface area contributed by atoms with Crippen molar-refractivity contribution in [3.8, 4) is 11.3 Å². The maximum Gasteiger partial charge on any atom is 0.173 e. The third-order valence-electron chi connectivity index (χ3n) is 6.01. The molecule has 0 N–H and O–H groups in total. The minimum absolute atomic E-state index is 0.852. The number of rotatable bonds is 6. The van der Waals surface area contributed by atoms with E-state index >= 15 is 0 Å².